The Morgan fingerprint density at radius 2 is 1.14 bits per heavy atom. The van der Waals surface area contributed by atoms with E-state index in [9.17, 15) is 31.9 Å². The van der Waals surface area contributed by atoms with E-state index in [0.29, 0.717) is 16.3 Å². The molecule has 0 saturated carbocycles. The summed E-state index contributed by atoms with van der Waals surface area (Å²) < 4.78 is 57.0. The van der Waals surface area contributed by atoms with E-state index in [1.54, 1.807) is 53.8 Å². The number of benzene rings is 4. The molecule has 0 spiro atoms. The highest BCUT2D eigenvalue weighted by atomic mass is 32.1. The number of thiophene rings is 2. The molecule has 2 N–H and O–H groups in total. The predicted molar refractivity (Wildman–Crippen MR) is 217 cm³/mol. The van der Waals surface area contributed by atoms with E-state index in [4.69, 9.17) is 0 Å². The van der Waals surface area contributed by atoms with Crippen molar-refractivity contribution >= 4 is 52.1 Å². The minimum Gasteiger partial charge on any atom is -0.330 e. The highest BCUT2D eigenvalue weighted by Crippen LogP contribution is 2.37. The van der Waals surface area contributed by atoms with Gasteiger partial charge < -0.3 is 15.2 Å². The molecule has 0 atom stereocenters. The lowest BCUT2D eigenvalue weighted by Gasteiger charge is -2.08. The number of carbonyl (C=O) groups is 3. The molecule has 0 bridgehead atoms. The van der Waals surface area contributed by atoms with E-state index in [0.717, 1.165) is 74.8 Å². The van der Waals surface area contributed by atoms with E-state index in [-0.39, 0.29) is 7.43 Å². The zero-order chi connectivity index (χ0) is 39.2. The Hall–Kier alpha value is -6.18. The second-order valence-corrected chi connectivity index (χ2v) is 14.7. The van der Waals surface area contributed by atoms with Crippen molar-refractivity contribution in [2.45, 2.75) is 34.7 Å². The third-order valence-electron chi connectivity index (χ3n) is 8.56. The summed E-state index contributed by atoms with van der Waals surface area (Å²) in [5.74, 6) is -5.28. The average molecular weight is 797 g/mol. The van der Waals surface area contributed by atoms with Crippen LogP contribution in [0.5, 0.6) is 0 Å². The van der Waals surface area contributed by atoms with Gasteiger partial charge in [-0.3, -0.25) is 14.4 Å². The summed E-state index contributed by atoms with van der Waals surface area (Å²) in [6.07, 6.45) is 4.48. The molecule has 0 fully saturated rings. The van der Waals surface area contributed by atoms with Crippen LogP contribution < -0.4 is 10.6 Å². The molecule has 3 heterocycles. The summed E-state index contributed by atoms with van der Waals surface area (Å²) >= 11 is 3.10. The SMILES string of the molecule is C.CCn1cncc1-c1cc(-c2ccc(NC(=O)c3c(F)cccc3F)cc2)c(C)s1.Cc1sc(C=O)cc1-c1ccc(NC(=O)c2c(F)cccc2F)cc1. The van der Waals surface area contributed by atoms with Crippen LogP contribution >= 0.6 is 22.7 Å². The fraction of sp³-hybridized carbons (Fsp3) is 0.116. The molecular formula is C43H36F4N4O3S2. The minimum atomic E-state index is -0.913. The lowest BCUT2D eigenvalue weighted by atomic mass is 10.1. The number of carbonyl (C=O) groups excluding carboxylic acids is 3. The number of nitrogens with zero attached hydrogens (tertiary/aromatic N) is 2. The maximum Gasteiger partial charge on any atom is 0.261 e. The highest BCUT2D eigenvalue weighted by Gasteiger charge is 2.19. The number of nitrogens with one attached hydrogen (secondary N) is 2. The van der Waals surface area contributed by atoms with Crippen LogP contribution in [0.25, 0.3) is 32.8 Å². The Morgan fingerprint density at radius 3 is 1.57 bits per heavy atom. The topological polar surface area (TPSA) is 93.1 Å². The Labute approximate surface area is 329 Å². The Kier molecular flexibility index (Phi) is 13.2. The molecule has 13 heteroatoms. The monoisotopic (exact) mass is 796 g/mol. The van der Waals surface area contributed by atoms with Crippen LogP contribution in [-0.4, -0.2) is 27.7 Å². The molecule has 0 aliphatic rings. The highest BCUT2D eigenvalue weighted by molar-refractivity contribution is 7.16. The first-order valence-corrected chi connectivity index (χ1v) is 18.5. The van der Waals surface area contributed by atoms with Gasteiger partial charge in [-0.25, -0.2) is 22.5 Å². The third kappa shape index (κ3) is 9.02. The quantitative estimate of drug-likeness (QED) is 0.112. The molecule has 7 rings (SSSR count). The van der Waals surface area contributed by atoms with Gasteiger partial charge in [0.25, 0.3) is 11.8 Å². The number of hydrogen-bond donors (Lipinski definition) is 2. The number of rotatable bonds is 9. The Balaban J connectivity index is 0.000000214. The summed E-state index contributed by atoms with van der Waals surface area (Å²) in [5.41, 5.74) is 4.66. The zero-order valence-electron chi connectivity index (χ0n) is 29.6. The van der Waals surface area contributed by atoms with Crippen molar-refractivity contribution in [1.29, 1.82) is 0 Å². The van der Waals surface area contributed by atoms with Crippen LogP contribution in [0.1, 0.15) is 54.5 Å². The second kappa shape index (κ2) is 18.0. The van der Waals surface area contributed by atoms with E-state index in [1.165, 1.54) is 28.3 Å². The molecule has 7 nitrogen and oxygen atoms in total. The Morgan fingerprint density at radius 1 is 0.696 bits per heavy atom. The number of aromatic nitrogens is 2. The number of imidazole rings is 1. The zero-order valence-corrected chi connectivity index (χ0v) is 31.3. The van der Waals surface area contributed by atoms with E-state index in [1.807, 2.05) is 31.6 Å². The standard InChI is InChI=1S/C23H19F2N3OS.C19H13F2NO2S.CH4/c1-3-28-13-26-12-20(28)21-11-17(14(2)30-21)15-7-9-16(10-8-15)27-23(29)22-18(24)5-4-6-19(22)25;1-11-15(9-14(10-23)25-11)12-5-7-13(8-6-12)22-19(24)18-16(20)3-2-4-17(18)21;/h4-13H,3H2,1-2H3,(H,27,29);2-10H,1H3,(H,22,24);1H4. The van der Waals surface area contributed by atoms with Crippen molar-refractivity contribution in [2.24, 2.45) is 0 Å². The fourth-order valence-electron chi connectivity index (χ4n) is 5.81. The van der Waals surface area contributed by atoms with E-state index >= 15 is 0 Å². The summed E-state index contributed by atoms with van der Waals surface area (Å²) in [6, 6.07) is 24.6. The first-order valence-electron chi connectivity index (χ1n) is 16.9. The van der Waals surface area contributed by atoms with Gasteiger partial charge in [-0.1, -0.05) is 43.8 Å². The van der Waals surface area contributed by atoms with Gasteiger partial charge in [-0.2, -0.15) is 0 Å². The molecular weight excluding hydrogens is 761 g/mol. The predicted octanol–water partition coefficient (Wildman–Crippen LogP) is 11.8. The molecule has 0 aliphatic carbocycles. The molecule has 0 unspecified atom stereocenters. The summed E-state index contributed by atoms with van der Waals surface area (Å²) in [7, 11) is 0. The Bertz CT molecular complexity index is 2470. The summed E-state index contributed by atoms with van der Waals surface area (Å²) in [5, 5.41) is 5.02. The molecule has 286 valence electrons. The van der Waals surface area contributed by atoms with Gasteiger partial charge in [0.15, 0.2) is 6.29 Å². The van der Waals surface area contributed by atoms with Crippen molar-refractivity contribution < 1.29 is 31.9 Å². The van der Waals surface area contributed by atoms with Crippen LogP contribution in [0.4, 0.5) is 28.9 Å². The lowest BCUT2D eigenvalue weighted by molar-refractivity contribution is 0.101. The summed E-state index contributed by atoms with van der Waals surface area (Å²) in [6.45, 7) is 6.90. The number of amides is 2. The number of aldehydes is 1. The maximum absolute atomic E-state index is 13.8. The number of anilines is 2. The van der Waals surface area contributed by atoms with Gasteiger partial charge in [0.2, 0.25) is 0 Å². The van der Waals surface area contributed by atoms with Gasteiger partial charge in [-0.15, -0.1) is 22.7 Å². The molecule has 7 aromatic rings. The van der Waals surface area contributed by atoms with Crippen LogP contribution in [-0.2, 0) is 6.54 Å². The smallest absolute Gasteiger partial charge is 0.261 e. The number of aryl methyl sites for hydroxylation is 3. The first kappa shape index (κ1) is 41.0. The summed E-state index contributed by atoms with van der Waals surface area (Å²) in [4.78, 5) is 43.4. The van der Waals surface area contributed by atoms with Gasteiger partial charge in [-0.05, 0) is 104 Å². The molecule has 0 radical (unpaired) electrons. The van der Waals surface area contributed by atoms with Crippen molar-refractivity contribution in [3.05, 3.63) is 159 Å². The van der Waals surface area contributed by atoms with Gasteiger partial charge >= 0.3 is 0 Å². The van der Waals surface area contributed by atoms with Crippen molar-refractivity contribution in [3.63, 3.8) is 0 Å². The lowest BCUT2D eigenvalue weighted by Crippen LogP contribution is -2.15. The van der Waals surface area contributed by atoms with Gasteiger partial charge in [0, 0.05) is 27.7 Å². The largest absolute Gasteiger partial charge is 0.330 e. The number of halogens is 4. The van der Waals surface area contributed by atoms with Gasteiger partial charge in [0.05, 0.1) is 28.0 Å². The number of hydrogen-bond acceptors (Lipinski definition) is 6. The van der Waals surface area contributed by atoms with Gasteiger partial charge in [0.1, 0.15) is 34.4 Å². The normalized spacial score (nSPS) is 10.6. The third-order valence-corrected chi connectivity index (χ3v) is 10.6. The van der Waals surface area contributed by atoms with Crippen LogP contribution in [0.15, 0.2) is 110 Å². The maximum atomic E-state index is 13.8. The van der Waals surface area contributed by atoms with Crippen molar-refractivity contribution in [2.75, 3.05) is 10.6 Å². The minimum absolute atomic E-state index is 0. The molecule has 4 aromatic carbocycles. The molecule has 0 saturated heterocycles. The van der Waals surface area contributed by atoms with Crippen LogP contribution in [0, 0.1) is 37.1 Å². The second-order valence-electron chi connectivity index (χ2n) is 12.1. The molecule has 56 heavy (non-hydrogen) atoms. The average Bonchev–Trinajstić information content (AvgIpc) is 3.90. The van der Waals surface area contributed by atoms with Crippen molar-refractivity contribution in [3.8, 4) is 32.8 Å². The van der Waals surface area contributed by atoms with Crippen LogP contribution in [0.3, 0.4) is 0 Å². The molecule has 0 aliphatic heterocycles. The van der Waals surface area contributed by atoms with E-state index in [2.05, 4.69) is 40.1 Å². The first-order chi connectivity index (χ1) is 26.5. The van der Waals surface area contributed by atoms with E-state index < -0.39 is 46.2 Å². The molecule has 3 aromatic heterocycles. The van der Waals surface area contributed by atoms with Crippen LogP contribution in [0.2, 0.25) is 0 Å². The molecule has 2 amide bonds. The fourth-order valence-corrected chi connectivity index (χ4v) is 7.74. The van der Waals surface area contributed by atoms with Crippen molar-refractivity contribution in [1.82, 2.24) is 9.55 Å².